The van der Waals surface area contributed by atoms with E-state index in [2.05, 4.69) is 16.9 Å². The van der Waals surface area contributed by atoms with E-state index in [4.69, 9.17) is 5.73 Å². The number of carbonyl (C=O) groups is 3. The molecule has 0 bridgehead atoms. The average Bonchev–Trinajstić information content (AvgIpc) is 2.95. The molecule has 3 heterocycles. The Morgan fingerprint density at radius 3 is 2.88 bits per heavy atom. The van der Waals surface area contributed by atoms with Gasteiger partial charge < -0.3 is 21.1 Å². The number of rotatable bonds is 5. The molecule has 1 fully saturated rings. The number of hydrogen-bond acceptors (Lipinski definition) is 7. The Morgan fingerprint density at radius 2 is 2.29 bits per heavy atom. The molecule has 0 saturated carbocycles. The van der Waals surface area contributed by atoms with Crippen molar-refractivity contribution in [2.75, 3.05) is 5.73 Å². The average molecular weight is 366 g/mol. The second kappa shape index (κ2) is 6.29. The lowest BCUT2D eigenvalue weighted by Gasteiger charge is -2.48. The third-order valence-electron chi connectivity index (χ3n) is 3.63. The molecule has 2 amide bonds. The fourth-order valence-corrected chi connectivity index (χ4v) is 4.41. The molecular formula is C14H14N4O4S2. The molecule has 2 aliphatic heterocycles. The SMILES string of the molecule is C=CC1=CN2C(=O)C(NC(=O)Cc3csc(N)n3)[C@H]2SC1C(=O)O. The van der Waals surface area contributed by atoms with Gasteiger partial charge in [0.2, 0.25) is 5.91 Å². The number of aliphatic carboxylic acids is 1. The summed E-state index contributed by atoms with van der Waals surface area (Å²) in [6.45, 7) is 3.57. The molecule has 1 aromatic heterocycles. The second-order valence-corrected chi connectivity index (χ2v) is 7.34. The van der Waals surface area contributed by atoms with Gasteiger partial charge >= 0.3 is 5.97 Å². The van der Waals surface area contributed by atoms with Crippen LogP contribution in [0, 0.1) is 0 Å². The number of aromatic nitrogens is 1. The predicted octanol–water partition coefficient (Wildman–Crippen LogP) is 0.191. The number of anilines is 1. The van der Waals surface area contributed by atoms with E-state index in [0.29, 0.717) is 16.4 Å². The van der Waals surface area contributed by atoms with E-state index in [1.165, 1.54) is 28.5 Å². The summed E-state index contributed by atoms with van der Waals surface area (Å²) >= 11 is 2.34. The Balaban J connectivity index is 1.67. The van der Waals surface area contributed by atoms with Gasteiger partial charge in [-0.05, 0) is 5.57 Å². The second-order valence-electron chi connectivity index (χ2n) is 5.22. The summed E-state index contributed by atoms with van der Waals surface area (Å²) in [5.74, 6) is -1.64. The van der Waals surface area contributed by atoms with E-state index in [1.54, 1.807) is 5.38 Å². The molecule has 1 aromatic rings. The van der Waals surface area contributed by atoms with Crippen LogP contribution in [0.1, 0.15) is 5.69 Å². The van der Waals surface area contributed by atoms with Crippen molar-refractivity contribution in [1.82, 2.24) is 15.2 Å². The summed E-state index contributed by atoms with van der Waals surface area (Å²) in [5.41, 5.74) is 6.51. The summed E-state index contributed by atoms with van der Waals surface area (Å²) < 4.78 is 0. The molecule has 0 radical (unpaired) electrons. The zero-order valence-electron chi connectivity index (χ0n) is 12.3. The number of allylic oxidation sites excluding steroid dienone is 1. The first-order valence-electron chi connectivity index (χ1n) is 6.94. The van der Waals surface area contributed by atoms with E-state index >= 15 is 0 Å². The van der Waals surface area contributed by atoms with Gasteiger partial charge in [-0.15, -0.1) is 23.1 Å². The third kappa shape index (κ3) is 2.89. The van der Waals surface area contributed by atoms with Crippen molar-refractivity contribution in [1.29, 1.82) is 0 Å². The third-order valence-corrected chi connectivity index (χ3v) is 5.88. The number of carboxylic acid groups (broad SMARTS) is 1. The Morgan fingerprint density at radius 1 is 1.54 bits per heavy atom. The molecule has 0 aliphatic carbocycles. The minimum Gasteiger partial charge on any atom is -0.480 e. The van der Waals surface area contributed by atoms with Gasteiger partial charge in [0.1, 0.15) is 16.7 Å². The number of nitrogens with two attached hydrogens (primary N) is 1. The molecule has 8 nitrogen and oxygen atoms in total. The van der Waals surface area contributed by atoms with Crippen LogP contribution >= 0.6 is 23.1 Å². The van der Waals surface area contributed by atoms with Crippen LogP contribution in [-0.2, 0) is 20.8 Å². The highest BCUT2D eigenvalue weighted by Crippen LogP contribution is 2.40. The monoisotopic (exact) mass is 366 g/mol. The fraction of sp³-hybridized carbons (Fsp3) is 0.286. The molecule has 24 heavy (non-hydrogen) atoms. The Bertz CT molecular complexity index is 760. The minimum atomic E-state index is -1.01. The lowest BCUT2D eigenvalue weighted by Crippen LogP contribution is -2.69. The first-order chi connectivity index (χ1) is 11.4. The minimum absolute atomic E-state index is 0.0188. The molecular weight excluding hydrogens is 352 g/mol. The van der Waals surface area contributed by atoms with E-state index in [9.17, 15) is 19.5 Å². The maximum Gasteiger partial charge on any atom is 0.321 e. The van der Waals surface area contributed by atoms with Crippen molar-refractivity contribution in [2.45, 2.75) is 23.1 Å². The van der Waals surface area contributed by atoms with Crippen LogP contribution in [-0.4, -0.2) is 49.4 Å². The highest BCUT2D eigenvalue weighted by Gasteiger charge is 2.52. The molecule has 2 aliphatic rings. The number of thioether (sulfide) groups is 1. The van der Waals surface area contributed by atoms with Gasteiger partial charge in [-0.3, -0.25) is 14.4 Å². The van der Waals surface area contributed by atoms with Crippen molar-refractivity contribution < 1.29 is 19.5 Å². The van der Waals surface area contributed by atoms with Crippen LogP contribution in [0.2, 0.25) is 0 Å². The van der Waals surface area contributed by atoms with Crippen molar-refractivity contribution in [3.63, 3.8) is 0 Å². The largest absolute Gasteiger partial charge is 0.480 e. The molecule has 3 atom stereocenters. The molecule has 2 unspecified atom stereocenters. The molecule has 0 aromatic carbocycles. The zero-order valence-corrected chi connectivity index (χ0v) is 14.0. The standard InChI is InChI=1S/C14H14N4O4S2/c1-2-6-4-18-11(20)9(12(18)24-10(6)13(21)22)17-8(19)3-7-5-23-14(15)16-7/h2,4-5,9-10,12H,1,3H2,(H2,15,16)(H,17,19)(H,21,22)/t9?,10?,12-/m1/s1. The Hall–Kier alpha value is -2.33. The molecule has 4 N–H and O–H groups in total. The first kappa shape index (κ1) is 16.5. The van der Waals surface area contributed by atoms with Gasteiger partial charge in [0, 0.05) is 11.6 Å². The van der Waals surface area contributed by atoms with Gasteiger partial charge in [-0.25, -0.2) is 4.98 Å². The van der Waals surface area contributed by atoms with Crippen LogP contribution in [0.4, 0.5) is 5.13 Å². The summed E-state index contributed by atoms with van der Waals surface area (Å²) in [6, 6.07) is -0.747. The topological polar surface area (TPSA) is 126 Å². The number of nitrogens with zero attached hydrogens (tertiary/aromatic N) is 2. The molecule has 0 spiro atoms. The molecule has 126 valence electrons. The van der Waals surface area contributed by atoms with Gasteiger partial charge in [-0.2, -0.15) is 0 Å². The number of nitrogens with one attached hydrogen (secondary N) is 1. The van der Waals surface area contributed by atoms with Crippen molar-refractivity contribution in [2.24, 2.45) is 0 Å². The number of amides is 2. The molecule has 3 rings (SSSR count). The lowest BCUT2D eigenvalue weighted by molar-refractivity contribution is -0.145. The number of nitrogen functional groups attached to an aromatic ring is 1. The lowest BCUT2D eigenvalue weighted by atomic mass is 10.1. The van der Waals surface area contributed by atoms with E-state index in [1.807, 2.05) is 0 Å². The Kier molecular flexibility index (Phi) is 4.33. The van der Waals surface area contributed by atoms with E-state index in [0.717, 1.165) is 11.8 Å². The Labute approximate surface area is 145 Å². The fourth-order valence-electron chi connectivity index (χ4n) is 2.50. The van der Waals surface area contributed by atoms with Crippen LogP contribution in [0.15, 0.2) is 29.8 Å². The number of β-lactam (4-membered cyclic amide) rings is 1. The first-order valence-corrected chi connectivity index (χ1v) is 8.76. The molecule has 10 heteroatoms. The van der Waals surface area contributed by atoms with E-state index < -0.39 is 22.6 Å². The maximum atomic E-state index is 12.2. The quantitative estimate of drug-likeness (QED) is 0.635. The van der Waals surface area contributed by atoms with Gasteiger partial charge in [0.15, 0.2) is 5.13 Å². The number of carboxylic acids is 1. The smallest absolute Gasteiger partial charge is 0.321 e. The highest BCUT2D eigenvalue weighted by molar-refractivity contribution is 8.01. The predicted molar refractivity (Wildman–Crippen MR) is 90.1 cm³/mol. The number of carbonyl (C=O) groups excluding carboxylic acids is 2. The summed E-state index contributed by atoms with van der Waals surface area (Å²) in [7, 11) is 0. The van der Waals surface area contributed by atoms with Crippen LogP contribution in [0.3, 0.4) is 0 Å². The number of hydrogen-bond donors (Lipinski definition) is 3. The van der Waals surface area contributed by atoms with Crippen LogP contribution in [0.5, 0.6) is 0 Å². The maximum absolute atomic E-state index is 12.2. The summed E-state index contributed by atoms with van der Waals surface area (Å²) in [6.07, 6.45) is 2.93. The van der Waals surface area contributed by atoms with Gasteiger partial charge in [0.05, 0.1) is 12.1 Å². The van der Waals surface area contributed by atoms with Crippen molar-refractivity contribution >= 4 is 46.0 Å². The van der Waals surface area contributed by atoms with Crippen LogP contribution in [0.25, 0.3) is 0 Å². The molecule has 1 saturated heterocycles. The van der Waals surface area contributed by atoms with Crippen LogP contribution < -0.4 is 11.1 Å². The van der Waals surface area contributed by atoms with Crippen molar-refractivity contribution in [3.8, 4) is 0 Å². The highest BCUT2D eigenvalue weighted by atomic mass is 32.2. The van der Waals surface area contributed by atoms with E-state index in [-0.39, 0.29) is 18.2 Å². The normalized spacial score (nSPS) is 25.3. The summed E-state index contributed by atoms with van der Waals surface area (Å²) in [4.78, 5) is 41.0. The summed E-state index contributed by atoms with van der Waals surface area (Å²) in [5, 5.41) is 12.7. The number of thiazole rings is 1. The van der Waals surface area contributed by atoms with Crippen molar-refractivity contribution in [3.05, 3.63) is 35.5 Å². The zero-order chi connectivity index (χ0) is 17.4. The van der Waals surface area contributed by atoms with Gasteiger partial charge in [0.25, 0.3) is 5.91 Å². The van der Waals surface area contributed by atoms with Gasteiger partial charge in [-0.1, -0.05) is 12.7 Å². The number of fused-ring (bicyclic) bond motifs is 1.